The molecular formula is C9H10Br2N2O5. The van der Waals surface area contributed by atoms with Crippen molar-refractivity contribution in [2.45, 2.75) is 23.3 Å². The summed E-state index contributed by atoms with van der Waals surface area (Å²) in [6.07, 6.45) is -1.25. The maximum atomic E-state index is 11.7. The fraction of sp³-hybridized carbons (Fsp3) is 0.556. The molecule has 0 amide bonds. The van der Waals surface area contributed by atoms with Gasteiger partial charge < -0.3 is 14.9 Å². The number of nitrogens with zero attached hydrogens (tertiary/aromatic N) is 1. The van der Waals surface area contributed by atoms with E-state index in [1.807, 2.05) is 0 Å². The summed E-state index contributed by atoms with van der Waals surface area (Å²) in [6.45, 7) is -0.362. The van der Waals surface area contributed by atoms with Gasteiger partial charge >= 0.3 is 5.69 Å². The first kappa shape index (κ1) is 13.9. The first-order chi connectivity index (χ1) is 8.45. The number of aliphatic hydroxyl groups is 2. The second kappa shape index (κ2) is 5.25. The maximum absolute atomic E-state index is 11.7. The smallest absolute Gasteiger partial charge is 0.330 e. The average Bonchev–Trinajstić information content (AvgIpc) is 2.61. The highest BCUT2D eigenvalue weighted by Crippen LogP contribution is 2.33. The van der Waals surface area contributed by atoms with Gasteiger partial charge in [-0.25, -0.2) is 4.79 Å². The van der Waals surface area contributed by atoms with E-state index in [1.165, 1.54) is 6.20 Å². The zero-order valence-corrected chi connectivity index (χ0v) is 12.1. The predicted octanol–water partition coefficient (Wildman–Crippen LogP) is -0.687. The van der Waals surface area contributed by atoms with E-state index >= 15 is 0 Å². The summed E-state index contributed by atoms with van der Waals surface area (Å²) in [6, 6.07) is 0. The van der Waals surface area contributed by atoms with E-state index in [-0.39, 0.29) is 11.1 Å². The van der Waals surface area contributed by atoms with E-state index in [2.05, 4.69) is 36.8 Å². The summed E-state index contributed by atoms with van der Waals surface area (Å²) < 4.78 is 6.69. The molecule has 7 nitrogen and oxygen atoms in total. The molecular weight excluding hydrogens is 376 g/mol. The molecule has 2 heterocycles. The maximum Gasteiger partial charge on any atom is 0.330 e. The van der Waals surface area contributed by atoms with Crippen LogP contribution in [-0.4, -0.2) is 43.4 Å². The van der Waals surface area contributed by atoms with E-state index in [4.69, 9.17) is 9.84 Å². The second-order valence-electron chi connectivity index (χ2n) is 3.83. The molecule has 0 aliphatic carbocycles. The van der Waals surface area contributed by atoms with E-state index < -0.39 is 34.5 Å². The van der Waals surface area contributed by atoms with Gasteiger partial charge in [-0.05, 0) is 15.9 Å². The molecule has 1 fully saturated rings. The third-order valence-electron chi connectivity index (χ3n) is 2.67. The van der Waals surface area contributed by atoms with Crippen LogP contribution in [0.2, 0.25) is 0 Å². The Labute approximate surface area is 118 Å². The van der Waals surface area contributed by atoms with Crippen LogP contribution in [0, 0.1) is 0 Å². The predicted molar refractivity (Wildman–Crippen MR) is 68.7 cm³/mol. The Balaban J connectivity index is 2.42. The molecule has 0 aromatic carbocycles. The molecule has 4 atom stereocenters. The Bertz CT molecular complexity index is 557. The number of ether oxygens (including phenoxy) is 1. The second-order valence-corrected chi connectivity index (χ2v) is 5.74. The number of aromatic nitrogens is 2. The lowest BCUT2D eigenvalue weighted by atomic mass is 10.2. The lowest BCUT2D eigenvalue weighted by Gasteiger charge is -2.16. The topological polar surface area (TPSA) is 105 Å². The number of halogens is 2. The molecule has 1 aromatic heterocycles. The molecule has 0 unspecified atom stereocenters. The molecule has 0 spiro atoms. The highest BCUT2D eigenvalue weighted by atomic mass is 79.9. The molecule has 1 aliphatic heterocycles. The summed E-state index contributed by atoms with van der Waals surface area (Å²) in [5, 5.41) is 18.8. The molecule has 18 heavy (non-hydrogen) atoms. The summed E-state index contributed by atoms with van der Waals surface area (Å²) in [5.41, 5.74) is -1.19. The van der Waals surface area contributed by atoms with Crippen molar-refractivity contribution in [3.63, 3.8) is 0 Å². The van der Waals surface area contributed by atoms with Crippen LogP contribution in [-0.2, 0) is 4.74 Å². The van der Waals surface area contributed by atoms with Gasteiger partial charge in [0.2, 0.25) is 0 Å². The van der Waals surface area contributed by atoms with Crippen LogP contribution in [0.4, 0.5) is 0 Å². The van der Waals surface area contributed by atoms with Crippen LogP contribution >= 0.6 is 31.9 Å². The summed E-state index contributed by atoms with van der Waals surface area (Å²) in [5.74, 6) is 0. The van der Waals surface area contributed by atoms with Crippen molar-refractivity contribution in [2.75, 3.05) is 6.61 Å². The van der Waals surface area contributed by atoms with E-state index in [1.54, 1.807) is 0 Å². The molecule has 9 heteroatoms. The van der Waals surface area contributed by atoms with Crippen LogP contribution in [0.25, 0.3) is 0 Å². The standard InChI is InChI=1S/C9H10Br2N2O5/c10-3-1-13(9(17)12-7(3)16)8-5(11)6(15)4(2-14)18-8/h1,4-6,8,14-15H,2H2,(H,12,16,17)/t4-,5-,6-,8-/m1/s1. The Morgan fingerprint density at radius 1 is 1.50 bits per heavy atom. The molecule has 0 bridgehead atoms. The third-order valence-corrected chi connectivity index (χ3v) is 4.23. The molecule has 0 radical (unpaired) electrons. The van der Waals surface area contributed by atoms with Crippen LogP contribution in [0.3, 0.4) is 0 Å². The lowest BCUT2D eigenvalue weighted by molar-refractivity contribution is -0.0457. The van der Waals surface area contributed by atoms with Gasteiger partial charge in [-0.15, -0.1) is 0 Å². The number of rotatable bonds is 2. The Hall–Kier alpha value is -0.480. The highest BCUT2D eigenvalue weighted by Gasteiger charge is 2.43. The molecule has 3 N–H and O–H groups in total. The molecule has 1 saturated heterocycles. The van der Waals surface area contributed by atoms with Crippen LogP contribution in [0.1, 0.15) is 6.23 Å². The van der Waals surface area contributed by atoms with E-state index in [0.29, 0.717) is 0 Å². The lowest BCUT2D eigenvalue weighted by Crippen LogP contribution is -2.35. The number of aliphatic hydroxyl groups excluding tert-OH is 2. The van der Waals surface area contributed by atoms with Crippen LogP contribution in [0.15, 0.2) is 20.3 Å². The third kappa shape index (κ3) is 2.32. The minimum Gasteiger partial charge on any atom is -0.394 e. The quantitative estimate of drug-likeness (QED) is 0.585. The van der Waals surface area contributed by atoms with Gasteiger partial charge in [0, 0.05) is 6.20 Å². The number of hydrogen-bond donors (Lipinski definition) is 3. The van der Waals surface area contributed by atoms with Gasteiger partial charge in [-0.3, -0.25) is 14.3 Å². The minimum absolute atomic E-state index is 0.173. The summed E-state index contributed by atoms with van der Waals surface area (Å²) >= 11 is 6.22. The van der Waals surface area contributed by atoms with Crippen molar-refractivity contribution < 1.29 is 14.9 Å². The monoisotopic (exact) mass is 384 g/mol. The van der Waals surface area contributed by atoms with E-state index in [9.17, 15) is 14.7 Å². The molecule has 1 aromatic rings. The van der Waals surface area contributed by atoms with Crippen LogP contribution < -0.4 is 11.2 Å². The van der Waals surface area contributed by atoms with Gasteiger partial charge in [0.25, 0.3) is 5.56 Å². The minimum atomic E-state index is -0.947. The Kier molecular flexibility index (Phi) is 4.07. The van der Waals surface area contributed by atoms with Gasteiger partial charge in [0.05, 0.1) is 22.0 Å². The van der Waals surface area contributed by atoms with Crippen molar-refractivity contribution in [1.82, 2.24) is 9.55 Å². The largest absolute Gasteiger partial charge is 0.394 e. The molecule has 0 saturated carbocycles. The number of alkyl halides is 1. The fourth-order valence-electron chi connectivity index (χ4n) is 1.73. The summed E-state index contributed by atoms with van der Waals surface area (Å²) in [4.78, 5) is 24.4. The fourth-order valence-corrected chi connectivity index (χ4v) is 2.77. The zero-order chi connectivity index (χ0) is 13.4. The van der Waals surface area contributed by atoms with E-state index in [0.717, 1.165) is 4.57 Å². The van der Waals surface area contributed by atoms with Gasteiger partial charge in [0.1, 0.15) is 6.10 Å². The normalized spacial score (nSPS) is 31.8. The summed E-state index contributed by atoms with van der Waals surface area (Å²) in [7, 11) is 0. The average molecular weight is 386 g/mol. The first-order valence-electron chi connectivity index (χ1n) is 5.05. The number of H-pyrrole nitrogens is 1. The van der Waals surface area contributed by atoms with Gasteiger partial charge in [0.15, 0.2) is 6.23 Å². The number of nitrogens with one attached hydrogen (secondary N) is 1. The Morgan fingerprint density at radius 3 is 2.72 bits per heavy atom. The molecule has 2 rings (SSSR count). The first-order valence-corrected chi connectivity index (χ1v) is 6.76. The van der Waals surface area contributed by atoms with Crippen LogP contribution in [0.5, 0.6) is 0 Å². The van der Waals surface area contributed by atoms with Gasteiger partial charge in [-0.2, -0.15) is 0 Å². The zero-order valence-electron chi connectivity index (χ0n) is 8.92. The molecule has 1 aliphatic rings. The molecule has 100 valence electrons. The highest BCUT2D eigenvalue weighted by molar-refractivity contribution is 9.10. The van der Waals surface area contributed by atoms with Crippen molar-refractivity contribution in [1.29, 1.82) is 0 Å². The van der Waals surface area contributed by atoms with Gasteiger partial charge in [-0.1, -0.05) is 15.9 Å². The number of aromatic amines is 1. The number of hydrogen-bond acceptors (Lipinski definition) is 5. The van der Waals surface area contributed by atoms with Crippen molar-refractivity contribution in [3.8, 4) is 0 Å². The Morgan fingerprint density at radius 2 is 2.17 bits per heavy atom. The van der Waals surface area contributed by atoms with Crippen molar-refractivity contribution in [2.24, 2.45) is 0 Å². The van der Waals surface area contributed by atoms with Crippen molar-refractivity contribution in [3.05, 3.63) is 31.5 Å². The SMILES string of the molecule is O=c1[nH]c(=O)n([C@@H]2O[C@H](CO)[C@@H](O)[C@H]2Br)cc1Br. The van der Waals surface area contributed by atoms with Crippen molar-refractivity contribution >= 4 is 31.9 Å².